The van der Waals surface area contributed by atoms with E-state index in [4.69, 9.17) is 5.73 Å². The van der Waals surface area contributed by atoms with Crippen LogP contribution in [0.3, 0.4) is 0 Å². The van der Waals surface area contributed by atoms with Crippen LogP contribution in [-0.4, -0.2) is 12.6 Å². The Hall–Kier alpha value is -1.18. The molecule has 2 nitrogen and oxygen atoms in total. The third-order valence-corrected chi connectivity index (χ3v) is 4.02. The smallest absolute Gasteiger partial charge is 0.0410 e. The first-order valence-electron chi connectivity index (χ1n) is 6.50. The Morgan fingerprint density at radius 3 is 2.53 bits per heavy atom. The molecule has 0 saturated carbocycles. The van der Waals surface area contributed by atoms with Crippen LogP contribution in [0.2, 0.25) is 0 Å². The zero-order valence-corrected chi connectivity index (χ0v) is 11.7. The third kappa shape index (κ3) is 2.01. The van der Waals surface area contributed by atoms with Gasteiger partial charge in [0.15, 0.2) is 0 Å². The third-order valence-electron chi connectivity index (χ3n) is 4.02. The molecule has 0 fully saturated rings. The summed E-state index contributed by atoms with van der Waals surface area (Å²) in [4.78, 5) is 2.49. The molecule has 0 spiro atoms. The molecule has 1 aromatic rings. The average Bonchev–Trinajstić information content (AvgIpc) is 2.20. The summed E-state index contributed by atoms with van der Waals surface area (Å²) in [5.41, 5.74) is 11.2. The predicted octanol–water partition coefficient (Wildman–Crippen LogP) is 3.47. The lowest BCUT2D eigenvalue weighted by Gasteiger charge is -2.42. The van der Waals surface area contributed by atoms with Crippen LogP contribution in [0.15, 0.2) is 12.1 Å². The van der Waals surface area contributed by atoms with E-state index in [-0.39, 0.29) is 5.41 Å². The van der Waals surface area contributed by atoms with Gasteiger partial charge in [0.1, 0.15) is 0 Å². The van der Waals surface area contributed by atoms with Gasteiger partial charge in [-0.2, -0.15) is 0 Å². The van der Waals surface area contributed by atoms with Gasteiger partial charge in [-0.3, -0.25) is 0 Å². The van der Waals surface area contributed by atoms with Crippen molar-refractivity contribution in [2.24, 2.45) is 0 Å². The van der Waals surface area contributed by atoms with Crippen molar-refractivity contribution in [1.82, 2.24) is 0 Å². The molecule has 1 aliphatic rings. The van der Waals surface area contributed by atoms with Gasteiger partial charge in [-0.25, -0.2) is 0 Å². The van der Waals surface area contributed by atoms with E-state index in [1.807, 2.05) is 0 Å². The molecule has 0 aliphatic carbocycles. The molecule has 1 aromatic carbocycles. The largest absolute Gasteiger partial charge is 0.399 e. The Kier molecular flexibility index (Phi) is 2.84. The van der Waals surface area contributed by atoms with E-state index in [0.29, 0.717) is 6.04 Å². The molecule has 2 heteroatoms. The van der Waals surface area contributed by atoms with Gasteiger partial charge in [0.25, 0.3) is 0 Å². The molecule has 0 bridgehead atoms. The lowest BCUT2D eigenvalue weighted by atomic mass is 9.76. The highest BCUT2D eigenvalue weighted by molar-refractivity contribution is 5.67. The lowest BCUT2D eigenvalue weighted by molar-refractivity contribution is 0.442. The minimum atomic E-state index is 0.239. The number of benzene rings is 1. The van der Waals surface area contributed by atoms with Crippen molar-refractivity contribution in [2.75, 3.05) is 17.2 Å². The first-order chi connectivity index (χ1) is 7.83. The Bertz CT molecular complexity index is 433. The highest BCUT2D eigenvalue weighted by Gasteiger charge is 2.32. The van der Waals surface area contributed by atoms with Crippen LogP contribution in [0.4, 0.5) is 11.4 Å². The summed E-state index contributed by atoms with van der Waals surface area (Å²) in [6, 6.07) is 4.98. The fraction of sp³-hybridized carbons (Fsp3) is 0.600. The molecule has 0 atom stereocenters. The van der Waals surface area contributed by atoms with Crippen molar-refractivity contribution in [1.29, 1.82) is 0 Å². The standard InChI is InChI=1S/C15H24N2/c1-10(2)17-7-6-15(4,5)12-9-13(16)11(3)8-14(12)17/h8-10H,6-7,16H2,1-5H3. The van der Waals surface area contributed by atoms with Crippen LogP contribution >= 0.6 is 0 Å². The van der Waals surface area contributed by atoms with Crippen molar-refractivity contribution in [3.8, 4) is 0 Å². The van der Waals surface area contributed by atoms with Gasteiger partial charge in [-0.15, -0.1) is 0 Å². The number of hydrogen-bond donors (Lipinski definition) is 1. The number of nitrogens with two attached hydrogens (primary N) is 1. The summed E-state index contributed by atoms with van der Waals surface area (Å²) < 4.78 is 0. The quantitative estimate of drug-likeness (QED) is 0.751. The summed E-state index contributed by atoms with van der Waals surface area (Å²) in [6.45, 7) is 12.4. The number of nitrogen functional groups attached to an aromatic ring is 1. The fourth-order valence-corrected chi connectivity index (χ4v) is 2.68. The Morgan fingerprint density at radius 2 is 1.94 bits per heavy atom. The average molecular weight is 232 g/mol. The number of anilines is 2. The van der Waals surface area contributed by atoms with Crippen LogP contribution in [0.25, 0.3) is 0 Å². The molecular formula is C15H24N2. The molecule has 0 radical (unpaired) electrons. The Morgan fingerprint density at radius 1 is 1.29 bits per heavy atom. The summed E-state index contributed by atoms with van der Waals surface area (Å²) >= 11 is 0. The summed E-state index contributed by atoms with van der Waals surface area (Å²) in [5, 5.41) is 0. The Labute approximate surface area is 105 Å². The normalized spacial score (nSPS) is 18.4. The van der Waals surface area contributed by atoms with Crippen molar-refractivity contribution in [2.45, 2.75) is 52.5 Å². The highest BCUT2D eigenvalue weighted by atomic mass is 15.2. The monoisotopic (exact) mass is 232 g/mol. The van der Waals surface area contributed by atoms with Gasteiger partial charge in [-0.1, -0.05) is 13.8 Å². The van der Waals surface area contributed by atoms with Crippen LogP contribution in [0.1, 0.15) is 45.2 Å². The molecular weight excluding hydrogens is 208 g/mol. The zero-order chi connectivity index (χ0) is 12.8. The van der Waals surface area contributed by atoms with Gasteiger partial charge < -0.3 is 10.6 Å². The van der Waals surface area contributed by atoms with Crippen LogP contribution in [0, 0.1) is 6.92 Å². The zero-order valence-electron chi connectivity index (χ0n) is 11.7. The summed E-state index contributed by atoms with van der Waals surface area (Å²) in [5.74, 6) is 0. The topological polar surface area (TPSA) is 29.3 Å². The second kappa shape index (κ2) is 3.94. The van der Waals surface area contributed by atoms with Gasteiger partial charge >= 0.3 is 0 Å². The van der Waals surface area contributed by atoms with E-state index in [0.717, 1.165) is 12.2 Å². The minimum absolute atomic E-state index is 0.239. The summed E-state index contributed by atoms with van der Waals surface area (Å²) in [7, 11) is 0. The van der Waals surface area contributed by atoms with E-state index in [1.54, 1.807) is 0 Å². The minimum Gasteiger partial charge on any atom is -0.399 e. The van der Waals surface area contributed by atoms with E-state index >= 15 is 0 Å². The molecule has 94 valence electrons. The van der Waals surface area contributed by atoms with Gasteiger partial charge in [0, 0.05) is 24.0 Å². The molecule has 0 unspecified atom stereocenters. The first-order valence-corrected chi connectivity index (χ1v) is 6.50. The first kappa shape index (κ1) is 12.3. The predicted molar refractivity (Wildman–Crippen MR) is 75.7 cm³/mol. The van der Waals surface area contributed by atoms with Crippen LogP contribution < -0.4 is 10.6 Å². The molecule has 0 amide bonds. The van der Waals surface area contributed by atoms with Crippen LogP contribution in [-0.2, 0) is 5.41 Å². The van der Waals surface area contributed by atoms with E-state index in [9.17, 15) is 0 Å². The molecule has 1 aliphatic heterocycles. The van der Waals surface area contributed by atoms with Crippen molar-refractivity contribution in [3.05, 3.63) is 23.3 Å². The number of hydrogen-bond acceptors (Lipinski definition) is 2. The van der Waals surface area contributed by atoms with Gasteiger partial charge in [0.05, 0.1) is 0 Å². The number of rotatable bonds is 1. The van der Waals surface area contributed by atoms with Crippen molar-refractivity contribution >= 4 is 11.4 Å². The lowest BCUT2D eigenvalue weighted by Crippen LogP contribution is -2.41. The van der Waals surface area contributed by atoms with Crippen LogP contribution in [0.5, 0.6) is 0 Å². The molecule has 1 heterocycles. The maximum absolute atomic E-state index is 6.07. The molecule has 2 N–H and O–H groups in total. The van der Waals surface area contributed by atoms with E-state index in [1.165, 1.54) is 23.2 Å². The molecule has 0 aromatic heterocycles. The molecule has 2 rings (SSSR count). The second-order valence-electron chi connectivity index (χ2n) is 6.15. The van der Waals surface area contributed by atoms with E-state index in [2.05, 4.69) is 51.7 Å². The molecule has 17 heavy (non-hydrogen) atoms. The number of nitrogens with zero attached hydrogens (tertiary/aromatic N) is 1. The second-order valence-corrected chi connectivity index (χ2v) is 6.15. The maximum Gasteiger partial charge on any atom is 0.0410 e. The molecule has 0 saturated heterocycles. The van der Waals surface area contributed by atoms with E-state index < -0.39 is 0 Å². The summed E-state index contributed by atoms with van der Waals surface area (Å²) in [6.07, 6.45) is 1.20. The highest BCUT2D eigenvalue weighted by Crippen LogP contribution is 2.42. The Balaban J connectivity index is 2.60. The number of fused-ring (bicyclic) bond motifs is 1. The SMILES string of the molecule is Cc1cc2c(cc1N)C(C)(C)CCN2C(C)C. The van der Waals surface area contributed by atoms with Gasteiger partial charge in [0.2, 0.25) is 0 Å². The number of aryl methyl sites for hydroxylation is 1. The van der Waals surface area contributed by atoms with Crippen molar-refractivity contribution in [3.63, 3.8) is 0 Å². The van der Waals surface area contributed by atoms with Gasteiger partial charge in [-0.05, 0) is 55.9 Å². The van der Waals surface area contributed by atoms with Crippen molar-refractivity contribution < 1.29 is 0 Å². The maximum atomic E-state index is 6.07. The fourth-order valence-electron chi connectivity index (χ4n) is 2.68.